The molecule has 0 aliphatic heterocycles. The van der Waals surface area contributed by atoms with E-state index in [2.05, 4.69) is 4.98 Å². The number of hydrogen-bond donors (Lipinski definition) is 2. The van der Waals surface area contributed by atoms with Crippen molar-refractivity contribution in [3.63, 3.8) is 0 Å². The van der Waals surface area contributed by atoms with Gasteiger partial charge in [-0.25, -0.2) is 0 Å². The van der Waals surface area contributed by atoms with E-state index >= 15 is 0 Å². The molecule has 0 saturated carbocycles. The van der Waals surface area contributed by atoms with Crippen LogP contribution in [0.1, 0.15) is 12.5 Å². The molecule has 0 spiro atoms. The van der Waals surface area contributed by atoms with Gasteiger partial charge in [0.05, 0.1) is 12.1 Å². The van der Waals surface area contributed by atoms with Gasteiger partial charge in [-0.15, -0.1) is 0 Å². The van der Waals surface area contributed by atoms with Crippen LogP contribution in [0.3, 0.4) is 0 Å². The lowest BCUT2D eigenvalue weighted by atomic mass is 10.2. The number of rotatable bonds is 1. The van der Waals surface area contributed by atoms with Gasteiger partial charge in [-0.3, -0.25) is 4.98 Å². The largest absolute Gasteiger partial charge is 0.397 e. The van der Waals surface area contributed by atoms with E-state index in [-0.39, 0.29) is 13.2 Å². The number of nitrogens with zero attached hydrogens (tertiary/aromatic N) is 1. The highest BCUT2D eigenvalue weighted by Crippen LogP contribution is 2.12. The van der Waals surface area contributed by atoms with Gasteiger partial charge in [0.15, 0.2) is 0 Å². The molecule has 0 unspecified atom stereocenters. The maximum Gasteiger partial charge on any atom is 0.0702 e. The second-order valence-electron chi connectivity index (χ2n) is 3.01. The summed E-state index contributed by atoms with van der Waals surface area (Å²) in [5.74, 6) is 0. The molecular formula is C12H15NO2. The first kappa shape index (κ1) is 11.6. The van der Waals surface area contributed by atoms with E-state index < -0.39 is 0 Å². The molecule has 0 fully saturated rings. The van der Waals surface area contributed by atoms with E-state index in [1.54, 1.807) is 13.1 Å². The summed E-state index contributed by atoms with van der Waals surface area (Å²) in [4.78, 5) is 4.19. The van der Waals surface area contributed by atoms with Crippen LogP contribution in [0.25, 0.3) is 10.9 Å². The maximum atomic E-state index is 8.86. The van der Waals surface area contributed by atoms with Crippen LogP contribution in [0, 0.1) is 0 Å². The van der Waals surface area contributed by atoms with E-state index in [9.17, 15) is 0 Å². The molecule has 2 aromatic rings. The first-order valence-corrected chi connectivity index (χ1v) is 4.87. The Balaban J connectivity index is 0.000000337. The molecule has 1 aromatic heterocycles. The zero-order valence-electron chi connectivity index (χ0n) is 8.72. The number of para-hydroxylation sites is 1. The number of aliphatic hydroxyl groups is 2. The summed E-state index contributed by atoms with van der Waals surface area (Å²) in [6, 6.07) is 9.80. The predicted octanol–water partition coefficient (Wildman–Crippen LogP) is 1.73. The normalized spacial score (nSPS) is 9.53. The van der Waals surface area contributed by atoms with Crippen LogP contribution in [0.15, 0.2) is 36.5 Å². The third kappa shape index (κ3) is 3.31. The Labute approximate surface area is 89.0 Å². The van der Waals surface area contributed by atoms with Gasteiger partial charge < -0.3 is 10.2 Å². The van der Waals surface area contributed by atoms with Crippen molar-refractivity contribution in [2.24, 2.45) is 0 Å². The van der Waals surface area contributed by atoms with Crippen molar-refractivity contribution in [3.8, 4) is 0 Å². The van der Waals surface area contributed by atoms with Gasteiger partial charge in [0.25, 0.3) is 0 Å². The zero-order valence-corrected chi connectivity index (χ0v) is 8.72. The Kier molecular flexibility index (Phi) is 4.74. The van der Waals surface area contributed by atoms with Crippen molar-refractivity contribution in [1.29, 1.82) is 0 Å². The molecule has 3 nitrogen and oxygen atoms in total. The first-order chi connectivity index (χ1) is 7.31. The molecule has 2 rings (SSSR count). The predicted molar refractivity (Wildman–Crippen MR) is 60.4 cm³/mol. The number of aliphatic hydroxyl groups excluding tert-OH is 2. The number of fused-ring (bicyclic) bond motifs is 1. The third-order valence-corrected chi connectivity index (χ3v) is 1.83. The molecule has 0 radical (unpaired) electrons. The van der Waals surface area contributed by atoms with Gasteiger partial charge >= 0.3 is 0 Å². The van der Waals surface area contributed by atoms with Crippen LogP contribution in [0.4, 0.5) is 0 Å². The van der Waals surface area contributed by atoms with Crippen molar-refractivity contribution in [2.75, 3.05) is 6.61 Å². The second-order valence-corrected chi connectivity index (χ2v) is 3.01. The van der Waals surface area contributed by atoms with Crippen molar-refractivity contribution < 1.29 is 10.2 Å². The van der Waals surface area contributed by atoms with E-state index in [1.165, 1.54) is 0 Å². The number of aromatic nitrogens is 1. The summed E-state index contributed by atoms with van der Waals surface area (Å²) < 4.78 is 0. The summed E-state index contributed by atoms with van der Waals surface area (Å²) in [6.07, 6.45) is 1.70. The fourth-order valence-corrected chi connectivity index (χ4v) is 1.20. The van der Waals surface area contributed by atoms with Crippen LogP contribution < -0.4 is 0 Å². The van der Waals surface area contributed by atoms with Crippen LogP contribution >= 0.6 is 0 Å². The van der Waals surface area contributed by atoms with Crippen LogP contribution in [-0.2, 0) is 6.61 Å². The molecule has 3 heteroatoms. The zero-order chi connectivity index (χ0) is 11.1. The topological polar surface area (TPSA) is 53.4 Å². The summed E-state index contributed by atoms with van der Waals surface area (Å²) >= 11 is 0. The standard InChI is InChI=1S/C10H9NO.C2H6O/c12-7-8-5-9-3-1-2-4-10(9)11-6-8;1-2-3/h1-6,12H,7H2;3H,2H2,1H3. The van der Waals surface area contributed by atoms with Gasteiger partial charge in [-0.1, -0.05) is 18.2 Å². The van der Waals surface area contributed by atoms with Gasteiger partial charge in [0, 0.05) is 18.2 Å². The number of pyridine rings is 1. The average Bonchev–Trinajstić information content (AvgIpc) is 2.29. The highest BCUT2D eigenvalue weighted by atomic mass is 16.3. The highest BCUT2D eigenvalue weighted by Gasteiger charge is 1.94. The number of benzene rings is 1. The van der Waals surface area contributed by atoms with E-state index in [0.29, 0.717) is 0 Å². The Morgan fingerprint density at radius 2 is 1.87 bits per heavy atom. The van der Waals surface area contributed by atoms with Crippen LogP contribution in [-0.4, -0.2) is 21.8 Å². The first-order valence-electron chi connectivity index (χ1n) is 4.87. The monoisotopic (exact) mass is 205 g/mol. The number of hydrogen-bond acceptors (Lipinski definition) is 3. The SMILES string of the molecule is CCO.OCc1cnc2ccccc2c1. The molecule has 0 saturated heterocycles. The van der Waals surface area contributed by atoms with Crippen LogP contribution in [0.5, 0.6) is 0 Å². The minimum absolute atomic E-state index is 0.0534. The van der Waals surface area contributed by atoms with Gasteiger partial charge in [-0.2, -0.15) is 0 Å². The minimum Gasteiger partial charge on any atom is -0.397 e. The van der Waals surface area contributed by atoms with E-state index in [0.717, 1.165) is 16.5 Å². The fourth-order valence-electron chi connectivity index (χ4n) is 1.20. The highest BCUT2D eigenvalue weighted by molar-refractivity contribution is 5.78. The quantitative estimate of drug-likeness (QED) is 0.745. The summed E-state index contributed by atoms with van der Waals surface area (Å²) in [5.41, 5.74) is 1.82. The Morgan fingerprint density at radius 1 is 1.20 bits per heavy atom. The summed E-state index contributed by atoms with van der Waals surface area (Å²) in [5, 5.41) is 17.5. The molecule has 0 amide bonds. The Morgan fingerprint density at radius 3 is 2.53 bits per heavy atom. The molecule has 15 heavy (non-hydrogen) atoms. The van der Waals surface area contributed by atoms with Crippen molar-refractivity contribution in [1.82, 2.24) is 4.98 Å². The summed E-state index contributed by atoms with van der Waals surface area (Å²) in [7, 11) is 0. The smallest absolute Gasteiger partial charge is 0.0702 e. The molecule has 0 bridgehead atoms. The fraction of sp³-hybridized carbons (Fsp3) is 0.250. The molecule has 2 N–H and O–H groups in total. The minimum atomic E-state index is 0.0534. The molecular weight excluding hydrogens is 190 g/mol. The lowest BCUT2D eigenvalue weighted by molar-refractivity contribution is 0.281. The van der Waals surface area contributed by atoms with Crippen molar-refractivity contribution >= 4 is 10.9 Å². The molecule has 1 heterocycles. The summed E-state index contributed by atoms with van der Waals surface area (Å²) in [6.45, 7) is 1.98. The Bertz CT molecular complexity index is 415. The molecule has 0 aliphatic rings. The van der Waals surface area contributed by atoms with Gasteiger partial charge in [0.2, 0.25) is 0 Å². The average molecular weight is 205 g/mol. The lowest BCUT2D eigenvalue weighted by Gasteiger charge is -1.98. The third-order valence-electron chi connectivity index (χ3n) is 1.83. The van der Waals surface area contributed by atoms with E-state index in [1.807, 2.05) is 30.3 Å². The van der Waals surface area contributed by atoms with Gasteiger partial charge in [0.1, 0.15) is 0 Å². The van der Waals surface area contributed by atoms with Crippen molar-refractivity contribution in [2.45, 2.75) is 13.5 Å². The molecule has 1 aromatic carbocycles. The van der Waals surface area contributed by atoms with Crippen LogP contribution in [0.2, 0.25) is 0 Å². The second kappa shape index (κ2) is 6.11. The lowest BCUT2D eigenvalue weighted by Crippen LogP contribution is -1.85. The van der Waals surface area contributed by atoms with Crippen molar-refractivity contribution in [3.05, 3.63) is 42.1 Å². The Hall–Kier alpha value is -1.45. The van der Waals surface area contributed by atoms with Gasteiger partial charge in [-0.05, 0) is 24.6 Å². The molecule has 0 atom stereocenters. The van der Waals surface area contributed by atoms with E-state index in [4.69, 9.17) is 10.2 Å². The molecule has 0 aliphatic carbocycles. The molecule has 80 valence electrons. The maximum absolute atomic E-state index is 8.86.